The predicted octanol–water partition coefficient (Wildman–Crippen LogP) is 3.23. The molecule has 1 aromatic carbocycles. The van der Waals surface area contributed by atoms with Gasteiger partial charge in [0.05, 0.1) is 12.7 Å². The van der Waals surface area contributed by atoms with Gasteiger partial charge in [-0.15, -0.1) is 0 Å². The molecular weight excluding hydrogens is 221 g/mol. The molecule has 0 spiro atoms. The predicted molar refractivity (Wildman–Crippen MR) is 52.7 cm³/mol. The standard InChI is InChI=1S/C11H11F3O2/c1-6-9(11(12,13)14)4-8(7(2)15)5-10(6)16-3/h4-5H,1-3H3. The molecule has 0 N–H and O–H groups in total. The first-order valence-electron chi connectivity index (χ1n) is 4.54. The molecule has 5 heteroatoms. The first kappa shape index (κ1) is 12.5. The lowest BCUT2D eigenvalue weighted by molar-refractivity contribution is -0.138. The van der Waals surface area contributed by atoms with Crippen molar-refractivity contribution in [2.45, 2.75) is 20.0 Å². The molecule has 0 amide bonds. The average molecular weight is 232 g/mol. The molecule has 16 heavy (non-hydrogen) atoms. The second kappa shape index (κ2) is 4.15. The van der Waals surface area contributed by atoms with Crippen LogP contribution in [0.2, 0.25) is 0 Å². The number of halogens is 3. The molecule has 0 aliphatic rings. The van der Waals surface area contributed by atoms with Gasteiger partial charge >= 0.3 is 6.18 Å². The van der Waals surface area contributed by atoms with Crippen molar-refractivity contribution in [1.29, 1.82) is 0 Å². The second-order valence-electron chi connectivity index (χ2n) is 3.41. The maximum absolute atomic E-state index is 12.6. The first-order valence-corrected chi connectivity index (χ1v) is 4.54. The van der Waals surface area contributed by atoms with Gasteiger partial charge in [-0.25, -0.2) is 0 Å². The van der Waals surface area contributed by atoms with Crippen LogP contribution in [0.15, 0.2) is 12.1 Å². The summed E-state index contributed by atoms with van der Waals surface area (Å²) in [4.78, 5) is 11.1. The number of ether oxygens (including phenoxy) is 1. The highest BCUT2D eigenvalue weighted by atomic mass is 19.4. The minimum absolute atomic E-state index is 0.00484. The molecule has 0 saturated carbocycles. The zero-order valence-electron chi connectivity index (χ0n) is 9.11. The summed E-state index contributed by atoms with van der Waals surface area (Å²) in [5.74, 6) is -0.358. The van der Waals surface area contributed by atoms with Crippen molar-refractivity contribution in [2.75, 3.05) is 7.11 Å². The highest BCUT2D eigenvalue weighted by Crippen LogP contribution is 2.36. The summed E-state index contributed by atoms with van der Waals surface area (Å²) < 4.78 is 42.7. The van der Waals surface area contributed by atoms with Crippen molar-refractivity contribution in [3.05, 3.63) is 28.8 Å². The number of hydrogen-bond acceptors (Lipinski definition) is 2. The van der Waals surface area contributed by atoms with Crippen LogP contribution in [0.3, 0.4) is 0 Å². The van der Waals surface area contributed by atoms with Crippen LogP contribution < -0.4 is 4.74 Å². The van der Waals surface area contributed by atoms with E-state index < -0.39 is 17.5 Å². The number of rotatable bonds is 2. The van der Waals surface area contributed by atoms with Gasteiger partial charge in [-0.05, 0) is 26.0 Å². The summed E-state index contributed by atoms with van der Waals surface area (Å²) in [5.41, 5.74) is -0.855. The van der Waals surface area contributed by atoms with Crippen LogP contribution in [-0.2, 0) is 6.18 Å². The monoisotopic (exact) mass is 232 g/mol. The molecule has 1 aromatic rings. The van der Waals surface area contributed by atoms with Gasteiger partial charge < -0.3 is 4.74 Å². The topological polar surface area (TPSA) is 26.3 Å². The molecule has 0 atom stereocenters. The number of methoxy groups -OCH3 is 1. The molecule has 0 heterocycles. The van der Waals surface area contributed by atoms with Crippen molar-refractivity contribution in [3.8, 4) is 5.75 Å². The lowest BCUT2D eigenvalue weighted by atomic mass is 10.0. The molecule has 0 aliphatic heterocycles. The Morgan fingerprint density at radius 2 is 1.88 bits per heavy atom. The molecule has 0 bridgehead atoms. The van der Waals surface area contributed by atoms with E-state index in [9.17, 15) is 18.0 Å². The first-order chi connectivity index (χ1) is 7.27. The lowest BCUT2D eigenvalue weighted by Crippen LogP contribution is -2.10. The molecule has 0 unspecified atom stereocenters. The van der Waals surface area contributed by atoms with E-state index in [4.69, 9.17) is 4.74 Å². The van der Waals surface area contributed by atoms with Gasteiger partial charge in [-0.2, -0.15) is 13.2 Å². The average Bonchev–Trinajstić information content (AvgIpc) is 2.15. The largest absolute Gasteiger partial charge is 0.496 e. The number of ketones is 1. The van der Waals surface area contributed by atoms with Crippen LogP contribution >= 0.6 is 0 Å². The zero-order chi connectivity index (χ0) is 12.5. The minimum Gasteiger partial charge on any atom is -0.496 e. The molecule has 0 fully saturated rings. The number of benzene rings is 1. The Hall–Kier alpha value is -1.52. The molecule has 1 rings (SSSR count). The van der Waals surface area contributed by atoms with Gasteiger partial charge in [0, 0.05) is 11.1 Å². The van der Waals surface area contributed by atoms with Crippen LogP contribution in [0.4, 0.5) is 13.2 Å². The lowest BCUT2D eigenvalue weighted by Gasteiger charge is -2.14. The number of Topliss-reactive ketones (excluding diaryl/α,β-unsaturated/α-hetero) is 1. The van der Waals surface area contributed by atoms with E-state index in [2.05, 4.69) is 0 Å². The van der Waals surface area contributed by atoms with Crippen LogP contribution in [-0.4, -0.2) is 12.9 Å². The Morgan fingerprint density at radius 3 is 2.25 bits per heavy atom. The van der Waals surface area contributed by atoms with Crippen LogP contribution in [0.1, 0.15) is 28.4 Å². The Morgan fingerprint density at radius 1 is 1.31 bits per heavy atom. The Bertz CT molecular complexity index is 422. The Labute approximate surface area is 91.0 Å². The van der Waals surface area contributed by atoms with Crippen molar-refractivity contribution in [1.82, 2.24) is 0 Å². The summed E-state index contributed by atoms with van der Waals surface area (Å²) in [6.07, 6.45) is -4.48. The number of alkyl halides is 3. The third-order valence-corrected chi connectivity index (χ3v) is 2.29. The summed E-state index contributed by atoms with van der Waals surface area (Å²) in [6.45, 7) is 2.52. The van der Waals surface area contributed by atoms with Crippen molar-refractivity contribution in [3.63, 3.8) is 0 Å². The van der Waals surface area contributed by atoms with E-state index in [0.717, 1.165) is 6.07 Å². The van der Waals surface area contributed by atoms with Crippen LogP contribution in [0, 0.1) is 6.92 Å². The van der Waals surface area contributed by atoms with Gasteiger partial charge in [0.1, 0.15) is 5.75 Å². The molecule has 2 nitrogen and oxygen atoms in total. The minimum atomic E-state index is -4.48. The van der Waals surface area contributed by atoms with Gasteiger partial charge in [0.25, 0.3) is 0 Å². The van der Waals surface area contributed by atoms with E-state index in [-0.39, 0.29) is 16.9 Å². The molecule has 0 aromatic heterocycles. The summed E-state index contributed by atoms with van der Waals surface area (Å²) in [6, 6.07) is 2.16. The fourth-order valence-corrected chi connectivity index (χ4v) is 1.40. The Balaban J connectivity index is 3.48. The maximum atomic E-state index is 12.6. The summed E-state index contributed by atoms with van der Waals surface area (Å²) >= 11 is 0. The van der Waals surface area contributed by atoms with Gasteiger partial charge in [-0.3, -0.25) is 4.79 Å². The normalized spacial score (nSPS) is 11.4. The van der Waals surface area contributed by atoms with E-state index in [1.165, 1.54) is 27.0 Å². The highest BCUT2D eigenvalue weighted by Gasteiger charge is 2.34. The summed E-state index contributed by atoms with van der Waals surface area (Å²) in [5, 5.41) is 0. The van der Waals surface area contributed by atoms with E-state index in [0.29, 0.717) is 0 Å². The van der Waals surface area contributed by atoms with Gasteiger partial charge in [-0.1, -0.05) is 0 Å². The third-order valence-electron chi connectivity index (χ3n) is 2.29. The fraction of sp³-hybridized carbons (Fsp3) is 0.364. The fourth-order valence-electron chi connectivity index (χ4n) is 1.40. The zero-order valence-corrected chi connectivity index (χ0v) is 9.11. The van der Waals surface area contributed by atoms with Crippen LogP contribution in [0.25, 0.3) is 0 Å². The SMILES string of the molecule is COc1cc(C(C)=O)cc(C(F)(F)F)c1C. The number of hydrogen-bond donors (Lipinski definition) is 0. The second-order valence-corrected chi connectivity index (χ2v) is 3.41. The van der Waals surface area contributed by atoms with Gasteiger partial charge in [0.2, 0.25) is 0 Å². The third kappa shape index (κ3) is 2.35. The van der Waals surface area contributed by atoms with E-state index in [1.54, 1.807) is 0 Å². The maximum Gasteiger partial charge on any atom is 0.416 e. The molecule has 88 valence electrons. The summed E-state index contributed by atoms with van der Waals surface area (Å²) in [7, 11) is 1.27. The van der Waals surface area contributed by atoms with E-state index in [1.807, 2.05) is 0 Å². The molecule has 0 saturated heterocycles. The number of carbonyl (C=O) groups excluding carboxylic acids is 1. The van der Waals surface area contributed by atoms with Crippen molar-refractivity contribution < 1.29 is 22.7 Å². The molecular formula is C11H11F3O2. The molecule has 0 aliphatic carbocycles. The van der Waals surface area contributed by atoms with Crippen molar-refractivity contribution in [2.24, 2.45) is 0 Å². The Kier molecular flexibility index (Phi) is 3.26. The molecule has 0 radical (unpaired) electrons. The van der Waals surface area contributed by atoms with Crippen molar-refractivity contribution >= 4 is 5.78 Å². The van der Waals surface area contributed by atoms with Crippen LogP contribution in [0.5, 0.6) is 5.75 Å². The smallest absolute Gasteiger partial charge is 0.416 e. The quantitative estimate of drug-likeness (QED) is 0.732. The highest BCUT2D eigenvalue weighted by molar-refractivity contribution is 5.94. The van der Waals surface area contributed by atoms with Gasteiger partial charge in [0.15, 0.2) is 5.78 Å². The van der Waals surface area contributed by atoms with E-state index >= 15 is 0 Å². The number of carbonyl (C=O) groups is 1.